The number of carbonyl (C=O) groups excluding carboxylic acids is 2. The summed E-state index contributed by atoms with van der Waals surface area (Å²) in [5, 5.41) is 0. The molecule has 0 aromatic rings. The SMILES string of the molecule is C#CCOC(=O)/C(N)=C(\OCC#C)C(C)=O. The third kappa shape index (κ3) is 4.21. The first-order valence-corrected chi connectivity index (χ1v) is 4.22. The van der Waals surface area contributed by atoms with Gasteiger partial charge in [-0.25, -0.2) is 4.79 Å². The molecule has 0 unspecified atom stereocenters. The number of nitrogens with two attached hydrogens (primary N) is 1. The molecule has 2 N–H and O–H groups in total. The van der Waals surface area contributed by atoms with Crippen molar-refractivity contribution in [2.75, 3.05) is 13.2 Å². The van der Waals surface area contributed by atoms with Crippen LogP contribution in [0.5, 0.6) is 0 Å². The van der Waals surface area contributed by atoms with Crippen LogP contribution in [0.3, 0.4) is 0 Å². The van der Waals surface area contributed by atoms with E-state index in [-0.39, 0.29) is 19.0 Å². The fourth-order valence-electron chi connectivity index (χ4n) is 0.761. The highest BCUT2D eigenvalue weighted by atomic mass is 16.5. The first-order valence-electron chi connectivity index (χ1n) is 4.22. The predicted octanol–water partition coefficient (Wildman–Crippen LogP) is -0.428. The molecule has 0 radical (unpaired) electrons. The highest BCUT2D eigenvalue weighted by Gasteiger charge is 2.18. The van der Waals surface area contributed by atoms with Crippen LogP contribution in [0.15, 0.2) is 11.5 Å². The van der Waals surface area contributed by atoms with Crippen molar-refractivity contribution in [1.82, 2.24) is 0 Å². The fourth-order valence-corrected chi connectivity index (χ4v) is 0.761. The Kier molecular flexibility index (Phi) is 5.92. The number of ketones is 1. The van der Waals surface area contributed by atoms with Gasteiger partial charge in [0.05, 0.1) is 0 Å². The Labute approximate surface area is 93.6 Å². The van der Waals surface area contributed by atoms with E-state index < -0.39 is 17.4 Å². The van der Waals surface area contributed by atoms with Crippen LogP contribution in [0.2, 0.25) is 0 Å². The molecule has 0 aliphatic heterocycles. The number of hydrogen-bond acceptors (Lipinski definition) is 5. The largest absolute Gasteiger partial charge is 0.475 e. The summed E-state index contributed by atoms with van der Waals surface area (Å²) >= 11 is 0. The molecule has 0 aromatic carbocycles. The lowest BCUT2D eigenvalue weighted by atomic mass is 10.3. The highest BCUT2D eigenvalue weighted by Crippen LogP contribution is 2.05. The third-order valence-electron chi connectivity index (χ3n) is 1.37. The Morgan fingerprint density at radius 3 is 2.12 bits per heavy atom. The monoisotopic (exact) mass is 221 g/mol. The molecule has 5 nitrogen and oxygen atoms in total. The summed E-state index contributed by atoms with van der Waals surface area (Å²) in [6.45, 7) is 0.783. The molecule has 0 rings (SSSR count). The van der Waals surface area contributed by atoms with Crippen molar-refractivity contribution in [3.8, 4) is 24.7 Å². The summed E-state index contributed by atoms with van der Waals surface area (Å²) in [5.41, 5.74) is 4.92. The molecule has 0 aliphatic rings. The van der Waals surface area contributed by atoms with E-state index >= 15 is 0 Å². The van der Waals surface area contributed by atoms with Crippen LogP contribution in [0.1, 0.15) is 6.92 Å². The van der Waals surface area contributed by atoms with Crippen molar-refractivity contribution in [1.29, 1.82) is 0 Å². The molecule has 16 heavy (non-hydrogen) atoms. The summed E-state index contributed by atoms with van der Waals surface area (Å²) in [6.07, 6.45) is 9.83. The summed E-state index contributed by atoms with van der Waals surface area (Å²) in [4.78, 5) is 22.3. The molecule has 84 valence electrons. The maximum atomic E-state index is 11.2. The molecule has 0 fully saturated rings. The summed E-state index contributed by atoms with van der Waals surface area (Å²) < 4.78 is 9.35. The van der Waals surface area contributed by atoms with Crippen molar-refractivity contribution in [3.63, 3.8) is 0 Å². The summed E-state index contributed by atoms with van der Waals surface area (Å²) in [7, 11) is 0. The minimum absolute atomic E-state index is 0.169. The van der Waals surface area contributed by atoms with Crippen molar-refractivity contribution >= 4 is 11.8 Å². The van der Waals surface area contributed by atoms with Gasteiger partial charge in [-0.15, -0.1) is 12.8 Å². The van der Waals surface area contributed by atoms with Crippen LogP contribution in [0.4, 0.5) is 0 Å². The second-order valence-electron chi connectivity index (χ2n) is 2.57. The topological polar surface area (TPSA) is 78.6 Å². The van der Waals surface area contributed by atoms with E-state index in [1.54, 1.807) is 0 Å². The fraction of sp³-hybridized carbons (Fsp3) is 0.273. The highest BCUT2D eigenvalue weighted by molar-refractivity contribution is 6.00. The van der Waals surface area contributed by atoms with Crippen molar-refractivity contribution in [2.24, 2.45) is 5.73 Å². The zero-order valence-corrected chi connectivity index (χ0v) is 8.78. The van der Waals surface area contributed by atoms with E-state index in [4.69, 9.17) is 23.3 Å². The quantitative estimate of drug-likeness (QED) is 0.295. The number of rotatable bonds is 5. The average molecular weight is 221 g/mol. The van der Waals surface area contributed by atoms with E-state index in [0.29, 0.717) is 0 Å². The van der Waals surface area contributed by atoms with Crippen LogP contribution >= 0.6 is 0 Å². The lowest BCUT2D eigenvalue weighted by Gasteiger charge is -2.08. The molecule has 0 atom stereocenters. The molecule has 0 saturated carbocycles. The van der Waals surface area contributed by atoms with E-state index in [2.05, 4.69) is 16.6 Å². The molecular formula is C11H11NO4. The van der Waals surface area contributed by atoms with Crippen molar-refractivity contribution < 1.29 is 19.1 Å². The van der Waals surface area contributed by atoms with Crippen LogP contribution in [0.25, 0.3) is 0 Å². The van der Waals surface area contributed by atoms with Gasteiger partial charge in [-0.2, -0.15) is 0 Å². The first kappa shape index (κ1) is 13.6. The molecule has 5 heteroatoms. The van der Waals surface area contributed by atoms with E-state index in [1.807, 2.05) is 0 Å². The lowest BCUT2D eigenvalue weighted by Crippen LogP contribution is -2.21. The third-order valence-corrected chi connectivity index (χ3v) is 1.37. The van der Waals surface area contributed by atoms with Crippen LogP contribution in [-0.2, 0) is 19.1 Å². The second-order valence-corrected chi connectivity index (χ2v) is 2.57. The van der Waals surface area contributed by atoms with Gasteiger partial charge in [-0.3, -0.25) is 4.79 Å². The molecule has 0 saturated heterocycles. The standard InChI is InChI=1S/C11H11NO4/c1-4-6-15-10(8(3)13)9(12)11(14)16-7-5-2/h1-2H,6-7,12H2,3H3/b10-9+. The van der Waals surface area contributed by atoms with Gasteiger partial charge < -0.3 is 15.2 Å². The van der Waals surface area contributed by atoms with Crippen LogP contribution in [-0.4, -0.2) is 25.0 Å². The molecule has 0 heterocycles. The van der Waals surface area contributed by atoms with Crippen LogP contribution in [0, 0.1) is 24.7 Å². The smallest absolute Gasteiger partial charge is 0.359 e. The van der Waals surface area contributed by atoms with Crippen molar-refractivity contribution in [2.45, 2.75) is 6.92 Å². The maximum Gasteiger partial charge on any atom is 0.359 e. The minimum Gasteiger partial charge on any atom is -0.475 e. The van der Waals surface area contributed by atoms with Gasteiger partial charge in [0.2, 0.25) is 0 Å². The van der Waals surface area contributed by atoms with E-state index in [0.717, 1.165) is 0 Å². The average Bonchev–Trinajstić information content (AvgIpc) is 2.25. The number of Topliss-reactive ketones (excluding diaryl/α,β-unsaturated/α-hetero) is 1. The number of hydrogen-bond donors (Lipinski definition) is 1. The molecule has 0 amide bonds. The van der Waals surface area contributed by atoms with Crippen LogP contribution < -0.4 is 5.73 Å². The Balaban J connectivity index is 4.84. The number of carbonyl (C=O) groups is 2. The van der Waals surface area contributed by atoms with E-state index in [1.165, 1.54) is 6.92 Å². The number of allylic oxidation sites excluding steroid dienone is 1. The predicted molar refractivity (Wildman–Crippen MR) is 56.5 cm³/mol. The molecular weight excluding hydrogens is 210 g/mol. The Morgan fingerprint density at radius 2 is 1.69 bits per heavy atom. The second kappa shape index (κ2) is 6.97. The Hall–Kier alpha value is -2.40. The molecule has 0 bridgehead atoms. The number of ether oxygens (including phenoxy) is 2. The zero-order valence-electron chi connectivity index (χ0n) is 8.78. The lowest BCUT2D eigenvalue weighted by molar-refractivity contribution is -0.138. The van der Waals surface area contributed by atoms with Gasteiger partial charge >= 0.3 is 5.97 Å². The normalized spacial score (nSPS) is 10.4. The number of esters is 1. The van der Waals surface area contributed by atoms with Gasteiger partial charge in [0.15, 0.2) is 23.8 Å². The van der Waals surface area contributed by atoms with Gasteiger partial charge in [0, 0.05) is 6.92 Å². The molecule has 0 aromatic heterocycles. The van der Waals surface area contributed by atoms with E-state index in [9.17, 15) is 9.59 Å². The zero-order chi connectivity index (χ0) is 12.6. The molecule has 0 aliphatic carbocycles. The maximum absolute atomic E-state index is 11.2. The minimum atomic E-state index is -0.917. The van der Waals surface area contributed by atoms with Gasteiger partial charge in [0.1, 0.15) is 6.61 Å². The Morgan fingerprint density at radius 1 is 1.19 bits per heavy atom. The molecule has 0 spiro atoms. The number of terminal acetylenes is 2. The van der Waals surface area contributed by atoms with Gasteiger partial charge in [-0.1, -0.05) is 11.8 Å². The first-order chi connectivity index (χ1) is 7.54. The Bertz CT molecular complexity index is 395. The van der Waals surface area contributed by atoms with Gasteiger partial charge in [0.25, 0.3) is 0 Å². The summed E-state index contributed by atoms with van der Waals surface area (Å²) in [5.74, 6) is 2.47. The van der Waals surface area contributed by atoms with Gasteiger partial charge in [-0.05, 0) is 0 Å². The van der Waals surface area contributed by atoms with Crippen molar-refractivity contribution in [3.05, 3.63) is 11.5 Å². The summed E-state index contributed by atoms with van der Waals surface area (Å²) in [6, 6.07) is 0.